The molecule has 1 aromatic heterocycles. The number of hydrogen-bond donors (Lipinski definition) is 2. The number of benzene rings is 2. The minimum atomic E-state index is -3.27. The standard InChI is InChI=1S/C25H28ClFN4O4S/c1-16(21-14-28-24(32)20-6-4-3-5-19(20)21)31(15-17-9-11-30(12-10-17)36(2,34)35)25(33)29-18-7-8-23(27)22(26)13-18/h3-8,13-14,16-17H,9-12,15H2,1-2H3,(H,28,32)(H,29,33)/t16-/m1/s1. The van der Waals surface area contributed by atoms with Gasteiger partial charge in [0.15, 0.2) is 0 Å². The largest absolute Gasteiger partial charge is 0.328 e. The number of urea groups is 1. The second-order valence-corrected chi connectivity index (χ2v) is 11.5. The number of fused-ring (bicyclic) bond motifs is 1. The molecule has 1 aliphatic heterocycles. The molecule has 192 valence electrons. The molecule has 11 heteroatoms. The summed E-state index contributed by atoms with van der Waals surface area (Å²) < 4.78 is 38.9. The molecule has 1 atom stereocenters. The van der Waals surface area contributed by atoms with E-state index >= 15 is 0 Å². The van der Waals surface area contributed by atoms with E-state index in [0.29, 0.717) is 43.5 Å². The first-order valence-corrected chi connectivity index (χ1v) is 13.9. The highest BCUT2D eigenvalue weighted by molar-refractivity contribution is 7.88. The van der Waals surface area contributed by atoms with Crippen molar-refractivity contribution in [3.8, 4) is 0 Å². The summed E-state index contributed by atoms with van der Waals surface area (Å²) in [6.45, 7) is 3.03. The fourth-order valence-corrected chi connectivity index (χ4v) is 5.69. The van der Waals surface area contributed by atoms with Crippen LogP contribution in [0, 0.1) is 11.7 Å². The Balaban J connectivity index is 1.63. The first-order valence-electron chi connectivity index (χ1n) is 11.6. The molecule has 0 radical (unpaired) electrons. The van der Waals surface area contributed by atoms with Crippen LogP contribution in [0.4, 0.5) is 14.9 Å². The maximum atomic E-state index is 13.6. The van der Waals surface area contributed by atoms with Crippen LogP contribution in [-0.4, -0.2) is 54.5 Å². The topological polar surface area (TPSA) is 103 Å². The Morgan fingerprint density at radius 3 is 2.53 bits per heavy atom. The number of pyridine rings is 1. The van der Waals surface area contributed by atoms with E-state index in [0.717, 1.165) is 10.9 Å². The minimum absolute atomic E-state index is 0.0713. The molecule has 1 fully saturated rings. The van der Waals surface area contributed by atoms with Gasteiger partial charge in [-0.3, -0.25) is 4.79 Å². The third-order valence-electron chi connectivity index (χ3n) is 6.69. The second kappa shape index (κ2) is 10.6. The Morgan fingerprint density at radius 1 is 1.22 bits per heavy atom. The number of carbonyl (C=O) groups excluding carboxylic acids is 1. The summed E-state index contributed by atoms with van der Waals surface area (Å²) in [5.74, 6) is -0.515. The predicted molar refractivity (Wildman–Crippen MR) is 139 cm³/mol. The van der Waals surface area contributed by atoms with E-state index in [1.807, 2.05) is 19.1 Å². The van der Waals surface area contributed by atoms with E-state index in [4.69, 9.17) is 11.6 Å². The van der Waals surface area contributed by atoms with Gasteiger partial charge in [0.1, 0.15) is 5.82 Å². The van der Waals surface area contributed by atoms with Crippen molar-refractivity contribution < 1.29 is 17.6 Å². The summed E-state index contributed by atoms with van der Waals surface area (Å²) in [6.07, 6.45) is 4.04. The number of hydrogen-bond acceptors (Lipinski definition) is 4. The van der Waals surface area contributed by atoms with Gasteiger partial charge in [0, 0.05) is 36.9 Å². The van der Waals surface area contributed by atoms with E-state index in [9.17, 15) is 22.4 Å². The number of rotatable bonds is 6. The number of H-pyrrole nitrogens is 1. The zero-order chi connectivity index (χ0) is 26.0. The normalized spacial score (nSPS) is 16.1. The van der Waals surface area contributed by atoms with E-state index in [1.165, 1.54) is 28.8 Å². The lowest BCUT2D eigenvalue weighted by molar-refractivity contribution is 0.160. The lowest BCUT2D eigenvalue weighted by atomic mass is 9.95. The molecular formula is C25H28ClFN4O4S. The number of aromatic amines is 1. The number of halogens is 2. The lowest BCUT2D eigenvalue weighted by Crippen LogP contribution is -2.44. The number of nitrogens with zero attached hydrogens (tertiary/aromatic N) is 2. The minimum Gasteiger partial charge on any atom is -0.328 e. The number of aromatic nitrogens is 1. The second-order valence-electron chi connectivity index (χ2n) is 9.11. The van der Waals surface area contributed by atoms with Crippen molar-refractivity contribution in [2.75, 3.05) is 31.2 Å². The molecule has 2 aromatic carbocycles. The van der Waals surface area contributed by atoms with Gasteiger partial charge in [0.25, 0.3) is 5.56 Å². The van der Waals surface area contributed by atoms with Gasteiger partial charge in [0.05, 0.1) is 17.3 Å². The van der Waals surface area contributed by atoms with Crippen LogP contribution in [0.3, 0.4) is 0 Å². The van der Waals surface area contributed by atoms with Gasteiger partial charge in [0.2, 0.25) is 10.0 Å². The molecule has 0 saturated carbocycles. The van der Waals surface area contributed by atoms with Crippen LogP contribution in [0.25, 0.3) is 10.8 Å². The van der Waals surface area contributed by atoms with Crippen molar-refractivity contribution in [1.29, 1.82) is 0 Å². The highest BCUT2D eigenvalue weighted by atomic mass is 35.5. The maximum Gasteiger partial charge on any atom is 0.322 e. The smallest absolute Gasteiger partial charge is 0.322 e. The van der Waals surface area contributed by atoms with Gasteiger partial charge in [-0.1, -0.05) is 29.8 Å². The predicted octanol–water partition coefficient (Wildman–Crippen LogP) is 4.59. The molecule has 2 N–H and O–H groups in total. The summed E-state index contributed by atoms with van der Waals surface area (Å²) in [5, 5.41) is 3.96. The lowest BCUT2D eigenvalue weighted by Gasteiger charge is -2.36. The molecule has 1 aliphatic rings. The molecule has 0 bridgehead atoms. The Kier molecular flexibility index (Phi) is 7.67. The SMILES string of the molecule is C[C@H](c1c[nH]c(=O)c2ccccc12)N(CC1CCN(S(C)(=O)=O)CC1)C(=O)Nc1ccc(F)c(Cl)c1. The maximum absolute atomic E-state index is 13.6. The average Bonchev–Trinajstić information content (AvgIpc) is 2.84. The molecule has 2 amide bonds. The zero-order valence-electron chi connectivity index (χ0n) is 20.0. The van der Waals surface area contributed by atoms with Gasteiger partial charge >= 0.3 is 6.03 Å². The van der Waals surface area contributed by atoms with Crippen molar-refractivity contribution in [2.45, 2.75) is 25.8 Å². The Morgan fingerprint density at radius 2 is 1.89 bits per heavy atom. The van der Waals surface area contributed by atoms with E-state index in [1.54, 1.807) is 23.2 Å². The number of piperidine rings is 1. The Hall–Kier alpha value is -2.95. The molecular weight excluding hydrogens is 507 g/mol. The van der Waals surface area contributed by atoms with Crippen LogP contribution >= 0.6 is 11.6 Å². The molecule has 0 aliphatic carbocycles. The van der Waals surface area contributed by atoms with Gasteiger partial charge in [-0.15, -0.1) is 0 Å². The van der Waals surface area contributed by atoms with Gasteiger partial charge < -0.3 is 15.2 Å². The van der Waals surface area contributed by atoms with Crippen molar-refractivity contribution in [2.24, 2.45) is 5.92 Å². The molecule has 1 saturated heterocycles. The van der Waals surface area contributed by atoms with Crippen molar-refractivity contribution in [1.82, 2.24) is 14.2 Å². The molecule has 2 heterocycles. The zero-order valence-corrected chi connectivity index (χ0v) is 21.6. The van der Waals surface area contributed by atoms with Crippen LogP contribution in [0.1, 0.15) is 31.4 Å². The fourth-order valence-electron chi connectivity index (χ4n) is 4.63. The highest BCUT2D eigenvalue weighted by Gasteiger charge is 2.30. The van der Waals surface area contributed by atoms with Crippen LogP contribution < -0.4 is 10.9 Å². The van der Waals surface area contributed by atoms with Gasteiger partial charge in [-0.05, 0) is 60.9 Å². The summed E-state index contributed by atoms with van der Waals surface area (Å²) in [7, 11) is -3.27. The fraction of sp³-hybridized carbons (Fsp3) is 0.360. The number of carbonyl (C=O) groups is 1. The van der Waals surface area contributed by atoms with Crippen LogP contribution in [0.2, 0.25) is 5.02 Å². The van der Waals surface area contributed by atoms with Gasteiger partial charge in [-0.25, -0.2) is 21.9 Å². The molecule has 4 rings (SSSR count). The molecule has 0 spiro atoms. The summed E-state index contributed by atoms with van der Waals surface area (Å²) in [6, 6.07) is 10.3. The molecule has 0 unspecified atom stereocenters. The van der Waals surface area contributed by atoms with Crippen LogP contribution in [0.15, 0.2) is 53.5 Å². The quantitative estimate of drug-likeness (QED) is 0.483. The number of nitrogens with one attached hydrogen (secondary N) is 2. The summed E-state index contributed by atoms with van der Waals surface area (Å²) in [4.78, 5) is 30.3. The van der Waals surface area contributed by atoms with Crippen molar-refractivity contribution in [3.05, 3.63) is 75.4 Å². The number of anilines is 1. The Bertz CT molecular complexity index is 1440. The summed E-state index contributed by atoms with van der Waals surface area (Å²) >= 11 is 5.89. The first-order chi connectivity index (χ1) is 17.0. The molecule has 3 aromatic rings. The van der Waals surface area contributed by atoms with Crippen molar-refractivity contribution in [3.63, 3.8) is 0 Å². The number of amides is 2. The third kappa shape index (κ3) is 5.71. The van der Waals surface area contributed by atoms with E-state index in [2.05, 4.69) is 10.3 Å². The van der Waals surface area contributed by atoms with Gasteiger partial charge in [-0.2, -0.15) is 0 Å². The van der Waals surface area contributed by atoms with Crippen LogP contribution in [-0.2, 0) is 10.0 Å². The Labute approximate surface area is 214 Å². The van der Waals surface area contributed by atoms with E-state index < -0.39 is 27.9 Å². The third-order valence-corrected chi connectivity index (χ3v) is 8.28. The van der Waals surface area contributed by atoms with Crippen LogP contribution in [0.5, 0.6) is 0 Å². The van der Waals surface area contributed by atoms with E-state index in [-0.39, 0.29) is 16.5 Å². The molecule has 36 heavy (non-hydrogen) atoms. The monoisotopic (exact) mass is 534 g/mol. The molecule has 8 nitrogen and oxygen atoms in total. The van der Waals surface area contributed by atoms with Crippen molar-refractivity contribution >= 4 is 44.1 Å². The average molecular weight is 535 g/mol. The first kappa shape index (κ1) is 26.1. The highest BCUT2D eigenvalue weighted by Crippen LogP contribution is 2.30. The number of sulfonamides is 1. The summed E-state index contributed by atoms with van der Waals surface area (Å²) in [5.41, 5.74) is 0.902.